The van der Waals surface area contributed by atoms with Gasteiger partial charge in [-0.3, -0.25) is 0 Å². The predicted octanol–water partition coefficient (Wildman–Crippen LogP) is 3.09. The summed E-state index contributed by atoms with van der Waals surface area (Å²) in [6.07, 6.45) is 0. The molecular formula is C13H14ClN3S. The van der Waals surface area contributed by atoms with Crippen molar-refractivity contribution in [3.8, 4) is 5.69 Å². The zero-order chi connectivity index (χ0) is 13.4. The summed E-state index contributed by atoms with van der Waals surface area (Å²) in [4.78, 5) is 0.302. The highest BCUT2D eigenvalue weighted by atomic mass is 35.5. The zero-order valence-corrected chi connectivity index (χ0v) is 12.1. The summed E-state index contributed by atoms with van der Waals surface area (Å²) >= 11 is 11.1. The van der Waals surface area contributed by atoms with Gasteiger partial charge < -0.3 is 5.73 Å². The van der Waals surface area contributed by atoms with Crippen molar-refractivity contribution in [2.45, 2.75) is 20.8 Å². The van der Waals surface area contributed by atoms with E-state index in [0.29, 0.717) is 15.6 Å². The second kappa shape index (κ2) is 4.71. The van der Waals surface area contributed by atoms with Gasteiger partial charge in [-0.25, -0.2) is 4.68 Å². The minimum atomic E-state index is 0.302. The predicted molar refractivity (Wildman–Crippen MR) is 78.7 cm³/mol. The summed E-state index contributed by atoms with van der Waals surface area (Å²) in [5.74, 6) is 0. The lowest BCUT2D eigenvalue weighted by Crippen LogP contribution is -2.10. The Hall–Kier alpha value is -1.39. The first-order valence-electron chi connectivity index (χ1n) is 5.54. The lowest BCUT2D eigenvalue weighted by atomic mass is 10.2. The number of nitrogens with two attached hydrogens (primary N) is 1. The molecule has 1 aromatic carbocycles. The van der Waals surface area contributed by atoms with E-state index >= 15 is 0 Å². The van der Waals surface area contributed by atoms with Crippen molar-refractivity contribution in [3.05, 3.63) is 45.7 Å². The molecule has 1 heterocycles. The number of benzene rings is 1. The molecule has 0 aliphatic carbocycles. The SMILES string of the molecule is Cc1nn(-c2ccc(C(N)=S)c(Cl)c2)c(C)c1C. The highest BCUT2D eigenvalue weighted by Gasteiger charge is 2.11. The molecular weight excluding hydrogens is 266 g/mol. The average Bonchev–Trinajstić information content (AvgIpc) is 2.56. The quantitative estimate of drug-likeness (QED) is 0.859. The first kappa shape index (κ1) is 13.1. The molecule has 0 aliphatic heterocycles. The normalized spacial score (nSPS) is 10.7. The van der Waals surface area contributed by atoms with Crippen LogP contribution in [0, 0.1) is 20.8 Å². The van der Waals surface area contributed by atoms with Crippen LogP contribution in [0.25, 0.3) is 5.69 Å². The van der Waals surface area contributed by atoms with Gasteiger partial charge in [0, 0.05) is 11.3 Å². The fourth-order valence-electron chi connectivity index (χ4n) is 1.81. The molecule has 2 aromatic rings. The third-order valence-electron chi connectivity index (χ3n) is 3.12. The van der Waals surface area contributed by atoms with Crippen LogP contribution >= 0.6 is 23.8 Å². The summed E-state index contributed by atoms with van der Waals surface area (Å²) in [6.45, 7) is 6.08. The Kier molecular flexibility index (Phi) is 3.41. The molecule has 0 spiro atoms. The Balaban J connectivity index is 2.55. The minimum Gasteiger partial charge on any atom is -0.389 e. The van der Waals surface area contributed by atoms with Gasteiger partial charge in [0.05, 0.1) is 16.4 Å². The monoisotopic (exact) mass is 279 g/mol. The fourth-order valence-corrected chi connectivity index (χ4v) is 2.32. The molecule has 0 amide bonds. The van der Waals surface area contributed by atoms with E-state index in [1.165, 1.54) is 5.56 Å². The van der Waals surface area contributed by atoms with Gasteiger partial charge in [-0.15, -0.1) is 0 Å². The molecule has 0 unspecified atom stereocenters. The molecule has 0 saturated carbocycles. The maximum atomic E-state index is 6.16. The van der Waals surface area contributed by atoms with E-state index in [1.54, 1.807) is 0 Å². The Morgan fingerprint density at radius 1 is 1.33 bits per heavy atom. The Morgan fingerprint density at radius 3 is 2.44 bits per heavy atom. The third kappa shape index (κ3) is 2.13. The Morgan fingerprint density at radius 2 is 2.00 bits per heavy atom. The number of aromatic nitrogens is 2. The standard InChI is InChI=1S/C13H14ClN3S/c1-7-8(2)16-17(9(7)3)10-4-5-11(13(15)18)12(14)6-10/h4-6H,1-3H3,(H2,15,18). The summed E-state index contributed by atoms with van der Waals surface area (Å²) in [6, 6.07) is 5.57. The van der Waals surface area contributed by atoms with Crippen LogP contribution in [0.5, 0.6) is 0 Å². The second-order valence-corrected chi connectivity index (χ2v) is 5.08. The summed E-state index contributed by atoms with van der Waals surface area (Å²) in [5.41, 5.74) is 10.5. The van der Waals surface area contributed by atoms with Crippen LogP contribution < -0.4 is 5.73 Å². The molecule has 0 aliphatic rings. The first-order chi connectivity index (χ1) is 8.41. The van der Waals surface area contributed by atoms with E-state index in [-0.39, 0.29) is 0 Å². The largest absolute Gasteiger partial charge is 0.389 e. The minimum absolute atomic E-state index is 0.302. The van der Waals surface area contributed by atoms with Crippen molar-refractivity contribution < 1.29 is 0 Å². The molecule has 18 heavy (non-hydrogen) atoms. The zero-order valence-electron chi connectivity index (χ0n) is 10.5. The Bertz CT molecular complexity index is 631. The lowest BCUT2D eigenvalue weighted by Gasteiger charge is -2.08. The van der Waals surface area contributed by atoms with Crippen LogP contribution in [0.3, 0.4) is 0 Å². The topological polar surface area (TPSA) is 43.8 Å². The molecule has 0 saturated heterocycles. The number of hydrogen-bond acceptors (Lipinski definition) is 2. The van der Waals surface area contributed by atoms with E-state index in [9.17, 15) is 0 Å². The van der Waals surface area contributed by atoms with Crippen LogP contribution in [0.2, 0.25) is 5.02 Å². The van der Waals surface area contributed by atoms with Gasteiger partial charge in [-0.1, -0.05) is 23.8 Å². The van der Waals surface area contributed by atoms with Crippen LogP contribution in [0.1, 0.15) is 22.5 Å². The Labute approximate surface area is 117 Å². The summed E-state index contributed by atoms with van der Waals surface area (Å²) < 4.78 is 1.87. The van der Waals surface area contributed by atoms with Gasteiger partial charge in [0.15, 0.2) is 0 Å². The molecule has 2 N–H and O–H groups in total. The molecule has 1 aromatic heterocycles. The van der Waals surface area contributed by atoms with Crippen LogP contribution in [0.4, 0.5) is 0 Å². The van der Waals surface area contributed by atoms with Crippen molar-refractivity contribution in [1.29, 1.82) is 0 Å². The van der Waals surface area contributed by atoms with Gasteiger partial charge in [0.2, 0.25) is 0 Å². The third-order valence-corrected chi connectivity index (χ3v) is 3.65. The second-order valence-electron chi connectivity index (χ2n) is 4.24. The number of nitrogens with zero attached hydrogens (tertiary/aromatic N) is 2. The van der Waals surface area contributed by atoms with Crippen LogP contribution in [-0.2, 0) is 0 Å². The maximum absolute atomic E-state index is 6.16. The highest BCUT2D eigenvalue weighted by molar-refractivity contribution is 7.80. The van der Waals surface area contributed by atoms with Crippen molar-refractivity contribution >= 4 is 28.8 Å². The summed E-state index contributed by atoms with van der Waals surface area (Å²) in [7, 11) is 0. The highest BCUT2D eigenvalue weighted by Crippen LogP contribution is 2.22. The van der Waals surface area contributed by atoms with Crippen LogP contribution in [0.15, 0.2) is 18.2 Å². The van der Waals surface area contributed by atoms with Crippen molar-refractivity contribution in [1.82, 2.24) is 9.78 Å². The molecule has 0 bridgehead atoms. The van der Waals surface area contributed by atoms with E-state index in [0.717, 1.165) is 17.1 Å². The number of thiocarbonyl (C=S) groups is 1. The van der Waals surface area contributed by atoms with Gasteiger partial charge in [0.1, 0.15) is 4.99 Å². The summed E-state index contributed by atoms with van der Waals surface area (Å²) in [5, 5.41) is 5.04. The first-order valence-corrected chi connectivity index (χ1v) is 6.33. The molecule has 0 radical (unpaired) electrons. The van der Waals surface area contributed by atoms with E-state index < -0.39 is 0 Å². The van der Waals surface area contributed by atoms with Crippen molar-refractivity contribution in [2.24, 2.45) is 5.73 Å². The van der Waals surface area contributed by atoms with E-state index in [1.807, 2.05) is 36.7 Å². The van der Waals surface area contributed by atoms with E-state index in [4.69, 9.17) is 29.6 Å². The number of halogens is 1. The van der Waals surface area contributed by atoms with E-state index in [2.05, 4.69) is 12.0 Å². The van der Waals surface area contributed by atoms with Crippen molar-refractivity contribution in [3.63, 3.8) is 0 Å². The molecule has 94 valence electrons. The van der Waals surface area contributed by atoms with Crippen molar-refractivity contribution in [2.75, 3.05) is 0 Å². The smallest absolute Gasteiger partial charge is 0.105 e. The molecule has 3 nitrogen and oxygen atoms in total. The van der Waals surface area contributed by atoms with Gasteiger partial charge >= 0.3 is 0 Å². The number of aryl methyl sites for hydroxylation is 1. The maximum Gasteiger partial charge on any atom is 0.105 e. The molecule has 5 heteroatoms. The average molecular weight is 280 g/mol. The number of rotatable bonds is 2. The lowest BCUT2D eigenvalue weighted by molar-refractivity contribution is 0.833. The van der Waals surface area contributed by atoms with Gasteiger partial charge in [-0.2, -0.15) is 5.10 Å². The number of hydrogen-bond donors (Lipinski definition) is 1. The molecule has 0 fully saturated rings. The molecule has 0 atom stereocenters. The molecule has 2 rings (SSSR count). The van der Waals surface area contributed by atoms with Gasteiger partial charge in [0.25, 0.3) is 0 Å². The van der Waals surface area contributed by atoms with Crippen LogP contribution in [-0.4, -0.2) is 14.8 Å². The van der Waals surface area contributed by atoms with Gasteiger partial charge in [-0.05, 0) is 44.5 Å². The fraction of sp³-hybridized carbons (Fsp3) is 0.231.